The Balaban J connectivity index is 2.43. The number of aliphatic imine (C=N–C) groups is 1. The van der Waals surface area contributed by atoms with Crippen LogP contribution in [0.5, 0.6) is 0 Å². The minimum absolute atomic E-state index is 0.0794. The Bertz CT molecular complexity index is 312. The smallest absolute Gasteiger partial charge is 0.194 e. The van der Waals surface area contributed by atoms with E-state index >= 15 is 0 Å². The van der Waals surface area contributed by atoms with E-state index in [9.17, 15) is 4.79 Å². The Hall–Kier alpha value is -1.22. The average molecular weight is 193 g/mol. The zero-order chi connectivity index (χ0) is 9.52. The number of nitrogens with zero attached hydrogens (tertiary/aromatic N) is 1. The normalized spacial score (nSPS) is 11.5. The van der Waals surface area contributed by atoms with Crippen LogP contribution in [0.4, 0.5) is 0 Å². The highest BCUT2D eigenvalue weighted by Crippen LogP contribution is 2.08. The molecule has 1 aromatic heterocycles. The molecular formula is C10H11NOS. The standard InChI is InChI=1S/C10H11NOS/c1-2-3-6-11-8-9(12)10-5-4-7-13-10/h2-7H,8H2,1H3/b3-2+,11-6?. The van der Waals surface area contributed by atoms with Crippen LogP contribution in [0.3, 0.4) is 0 Å². The molecule has 2 nitrogen and oxygen atoms in total. The lowest BCUT2D eigenvalue weighted by Crippen LogP contribution is -2.00. The van der Waals surface area contributed by atoms with E-state index in [1.54, 1.807) is 6.21 Å². The van der Waals surface area contributed by atoms with Crippen molar-refractivity contribution in [1.82, 2.24) is 0 Å². The molecule has 0 unspecified atom stereocenters. The second-order valence-corrected chi connectivity index (χ2v) is 3.36. The van der Waals surface area contributed by atoms with Gasteiger partial charge in [0.05, 0.1) is 4.88 Å². The summed E-state index contributed by atoms with van der Waals surface area (Å²) in [4.78, 5) is 16.1. The fraction of sp³-hybridized carbons (Fsp3) is 0.200. The Kier molecular flexibility index (Phi) is 4.12. The number of carbonyl (C=O) groups is 1. The van der Waals surface area contributed by atoms with Gasteiger partial charge in [0.15, 0.2) is 5.78 Å². The number of rotatable bonds is 4. The third-order valence-corrected chi connectivity index (χ3v) is 2.33. The van der Waals surface area contributed by atoms with Crippen LogP contribution in [0.1, 0.15) is 16.6 Å². The summed E-state index contributed by atoms with van der Waals surface area (Å²) in [7, 11) is 0. The SMILES string of the molecule is C/C=C/C=NCC(=O)c1cccs1. The molecule has 0 aromatic carbocycles. The van der Waals surface area contributed by atoms with Gasteiger partial charge in [0, 0.05) is 6.21 Å². The number of hydrogen-bond donors (Lipinski definition) is 0. The third kappa shape index (κ3) is 3.34. The van der Waals surface area contributed by atoms with Gasteiger partial charge in [0.2, 0.25) is 0 Å². The summed E-state index contributed by atoms with van der Waals surface area (Å²) in [5.41, 5.74) is 0. The summed E-state index contributed by atoms with van der Waals surface area (Å²) >= 11 is 1.45. The van der Waals surface area contributed by atoms with Gasteiger partial charge in [0.25, 0.3) is 0 Å². The van der Waals surface area contributed by atoms with Crippen molar-refractivity contribution >= 4 is 23.3 Å². The van der Waals surface area contributed by atoms with Crippen LogP contribution in [0.2, 0.25) is 0 Å². The van der Waals surface area contributed by atoms with Gasteiger partial charge < -0.3 is 0 Å². The van der Waals surface area contributed by atoms with E-state index in [1.165, 1.54) is 11.3 Å². The monoisotopic (exact) mass is 193 g/mol. The first-order valence-electron chi connectivity index (χ1n) is 4.02. The molecule has 0 aliphatic heterocycles. The van der Waals surface area contributed by atoms with Crippen LogP contribution in [0, 0.1) is 0 Å². The molecule has 13 heavy (non-hydrogen) atoms. The fourth-order valence-corrected chi connectivity index (χ4v) is 1.45. The number of allylic oxidation sites excluding steroid dienone is 2. The van der Waals surface area contributed by atoms with Gasteiger partial charge >= 0.3 is 0 Å². The summed E-state index contributed by atoms with van der Waals surface area (Å²) in [6.07, 6.45) is 5.33. The van der Waals surface area contributed by atoms with E-state index in [1.807, 2.05) is 36.6 Å². The van der Waals surface area contributed by atoms with Gasteiger partial charge in [-0.3, -0.25) is 9.79 Å². The number of thiophene rings is 1. The zero-order valence-corrected chi connectivity index (χ0v) is 8.25. The highest BCUT2D eigenvalue weighted by atomic mass is 32.1. The van der Waals surface area contributed by atoms with Gasteiger partial charge in [-0.1, -0.05) is 12.1 Å². The summed E-state index contributed by atoms with van der Waals surface area (Å²) in [6, 6.07) is 3.69. The quantitative estimate of drug-likeness (QED) is 0.534. The lowest BCUT2D eigenvalue weighted by molar-refractivity contribution is 0.101. The molecule has 0 aliphatic rings. The number of hydrogen-bond acceptors (Lipinski definition) is 3. The van der Waals surface area contributed by atoms with Crippen LogP contribution in [0.15, 0.2) is 34.7 Å². The van der Waals surface area contributed by atoms with E-state index in [0.717, 1.165) is 4.88 Å². The maximum Gasteiger partial charge on any atom is 0.194 e. The molecule has 0 atom stereocenters. The molecule has 0 saturated heterocycles. The summed E-state index contributed by atoms with van der Waals surface area (Å²) in [6.45, 7) is 2.15. The number of ketones is 1. The molecule has 1 aromatic rings. The van der Waals surface area contributed by atoms with Gasteiger partial charge in [-0.05, 0) is 24.4 Å². The second kappa shape index (κ2) is 5.43. The van der Waals surface area contributed by atoms with Gasteiger partial charge in [0.1, 0.15) is 6.54 Å². The first kappa shape index (κ1) is 9.86. The molecule has 0 saturated carbocycles. The summed E-state index contributed by atoms with van der Waals surface area (Å²) in [5.74, 6) is 0.0794. The Morgan fingerprint density at radius 1 is 1.69 bits per heavy atom. The van der Waals surface area contributed by atoms with Crippen molar-refractivity contribution in [3.63, 3.8) is 0 Å². The minimum atomic E-state index is 0.0794. The highest BCUT2D eigenvalue weighted by molar-refractivity contribution is 7.12. The first-order chi connectivity index (χ1) is 6.34. The third-order valence-electron chi connectivity index (χ3n) is 1.41. The van der Waals surface area contributed by atoms with Gasteiger partial charge in [-0.2, -0.15) is 0 Å². The fourth-order valence-electron chi connectivity index (χ4n) is 0.798. The van der Waals surface area contributed by atoms with E-state index in [0.29, 0.717) is 0 Å². The predicted octanol–water partition coefficient (Wildman–Crippen LogP) is 2.58. The maximum atomic E-state index is 11.3. The van der Waals surface area contributed by atoms with Crippen LogP contribution < -0.4 is 0 Å². The zero-order valence-electron chi connectivity index (χ0n) is 7.43. The van der Waals surface area contributed by atoms with E-state index in [2.05, 4.69) is 4.99 Å². The molecule has 0 fully saturated rings. The van der Waals surface area contributed by atoms with Crippen molar-refractivity contribution in [2.75, 3.05) is 6.54 Å². The van der Waals surface area contributed by atoms with Crippen molar-refractivity contribution in [2.24, 2.45) is 4.99 Å². The lowest BCUT2D eigenvalue weighted by Gasteiger charge is -1.89. The highest BCUT2D eigenvalue weighted by Gasteiger charge is 2.03. The Labute approximate surface area is 81.6 Å². The number of carbonyl (C=O) groups excluding carboxylic acids is 1. The van der Waals surface area contributed by atoms with Gasteiger partial charge in [-0.15, -0.1) is 11.3 Å². The van der Waals surface area contributed by atoms with Crippen LogP contribution in [-0.4, -0.2) is 18.5 Å². The lowest BCUT2D eigenvalue weighted by atomic mass is 10.3. The van der Waals surface area contributed by atoms with E-state index in [4.69, 9.17) is 0 Å². The Morgan fingerprint density at radius 2 is 2.54 bits per heavy atom. The molecule has 0 radical (unpaired) electrons. The molecule has 0 aliphatic carbocycles. The molecule has 1 rings (SSSR count). The molecule has 0 bridgehead atoms. The molecule has 0 amide bonds. The second-order valence-electron chi connectivity index (χ2n) is 2.42. The molecule has 3 heteroatoms. The molecule has 0 spiro atoms. The topological polar surface area (TPSA) is 29.4 Å². The van der Waals surface area contributed by atoms with Gasteiger partial charge in [-0.25, -0.2) is 0 Å². The van der Waals surface area contributed by atoms with Crippen molar-refractivity contribution in [2.45, 2.75) is 6.92 Å². The average Bonchev–Trinajstić information content (AvgIpc) is 2.65. The van der Waals surface area contributed by atoms with Crippen LogP contribution in [-0.2, 0) is 0 Å². The predicted molar refractivity (Wildman–Crippen MR) is 56.8 cm³/mol. The first-order valence-corrected chi connectivity index (χ1v) is 4.90. The molecule has 0 N–H and O–H groups in total. The summed E-state index contributed by atoms with van der Waals surface area (Å²) < 4.78 is 0. The van der Waals surface area contributed by atoms with E-state index in [-0.39, 0.29) is 12.3 Å². The largest absolute Gasteiger partial charge is 0.291 e. The van der Waals surface area contributed by atoms with Crippen molar-refractivity contribution in [3.05, 3.63) is 34.5 Å². The van der Waals surface area contributed by atoms with Crippen LogP contribution >= 0.6 is 11.3 Å². The molecule has 1 heterocycles. The molecular weight excluding hydrogens is 182 g/mol. The van der Waals surface area contributed by atoms with Crippen molar-refractivity contribution in [3.8, 4) is 0 Å². The summed E-state index contributed by atoms with van der Waals surface area (Å²) in [5, 5.41) is 1.89. The number of Topliss-reactive ketones (excluding diaryl/α,β-unsaturated/α-hetero) is 1. The van der Waals surface area contributed by atoms with Crippen molar-refractivity contribution < 1.29 is 4.79 Å². The Morgan fingerprint density at radius 3 is 3.15 bits per heavy atom. The molecule has 68 valence electrons. The maximum absolute atomic E-state index is 11.3. The van der Waals surface area contributed by atoms with Crippen molar-refractivity contribution in [1.29, 1.82) is 0 Å². The van der Waals surface area contributed by atoms with E-state index < -0.39 is 0 Å². The minimum Gasteiger partial charge on any atom is -0.291 e. The van der Waals surface area contributed by atoms with Crippen LogP contribution in [0.25, 0.3) is 0 Å².